The highest BCUT2D eigenvalue weighted by Crippen LogP contribution is 2.52. The second-order valence-electron chi connectivity index (χ2n) is 12.6. The van der Waals surface area contributed by atoms with E-state index in [0.29, 0.717) is 12.0 Å². The fourth-order valence-corrected chi connectivity index (χ4v) is 7.16. The third-order valence-corrected chi connectivity index (χ3v) is 9.68. The average Bonchev–Trinajstić information content (AvgIpc) is 3.02. The van der Waals surface area contributed by atoms with E-state index in [0.717, 1.165) is 0 Å². The number of aliphatic hydroxyl groups is 2. The topological polar surface area (TPSA) is 197 Å². The zero-order chi connectivity index (χ0) is 33.1. The summed E-state index contributed by atoms with van der Waals surface area (Å²) in [7, 11) is 0. The molecule has 0 amide bonds. The summed E-state index contributed by atoms with van der Waals surface area (Å²) >= 11 is 0. The zero-order valence-corrected chi connectivity index (χ0v) is 26.5. The predicted octanol–water partition coefficient (Wildman–Crippen LogP) is 3.85. The number of rotatable bonds is 7. The number of ether oxygens (including phenoxy) is 1. The number of carbonyl (C=O) groups is 3. The first-order chi connectivity index (χ1) is 21.8. The second-order valence-corrected chi connectivity index (χ2v) is 12.6. The Labute approximate surface area is 275 Å². The maximum Gasteiger partial charge on any atom is 0.273 e. The molecule has 13 heteroatoms. The largest absolute Gasteiger partial charge is 0.507 e. The third kappa shape index (κ3) is 5.80. The zero-order valence-electron chi connectivity index (χ0n) is 25.6. The number of nitro benzene ring substituents is 1. The predicted molar refractivity (Wildman–Crippen MR) is 170 cm³/mol. The van der Waals surface area contributed by atoms with Crippen LogP contribution in [0.1, 0.15) is 87.7 Å². The van der Waals surface area contributed by atoms with E-state index in [1.54, 1.807) is 30.3 Å². The molecular weight excluding hydrogens is 632 g/mol. The van der Waals surface area contributed by atoms with Gasteiger partial charge < -0.3 is 30.5 Å². The Bertz CT molecular complexity index is 1790. The third-order valence-electron chi connectivity index (χ3n) is 9.68. The monoisotopic (exact) mass is 666 g/mol. The van der Waals surface area contributed by atoms with Gasteiger partial charge in [-0.2, -0.15) is 0 Å². The maximum atomic E-state index is 13.6. The molecule has 248 valence electrons. The molecule has 0 heterocycles. The minimum Gasteiger partial charge on any atom is -0.507 e. The van der Waals surface area contributed by atoms with E-state index in [9.17, 15) is 44.9 Å². The number of fused-ring (bicyclic) bond motifs is 3. The fourth-order valence-electron chi connectivity index (χ4n) is 7.16. The van der Waals surface area contributed by atoms with E-state index >= 15 is 0 Å². The number of carbonyl (C=O) groups excluding carboxylic acids is 3. The number of aromatic hydroxyl groups is 2. The first-order valence-corrected chi connectivity index (χ1v) is 15.1. The maximum absolute atomic E-state index is 13.6. The first-order valence-electron chi connectivity index (χ1n) is 15.1. The van der Waals surface area contributed by atoms with Gasteiger partial charge in [-0.05, 0) is 25.7 Å². The molecule has 12 nitrogen and oxygen atoms in total. The fraction of sp³-hybridized carbons (Fsp3) is 0.382. The average molecular weight is 667 g/mol. The number of para-hydroxylation sites is 1. The Hall–Kier alpha value is -4.20. The normalized spacial score (nSPS) is 26.4. The van der Waals surface area contributed by atoms with Crippen LogP contribution in [-0.2, 0) is 22.5 Å². The summed E-state index contributed by atoms with van der Waals surface area (Å²) in [5, 5.41) is 60.2. The minimum absolute atomic E-state index is 0. The van der Waals surface area contributed by atoms with E-state index in [2.05, 4.69) is 5.32 Å². The van der Waals surface area contributed by atoms with Crippen molar-refractivity contribution >= 4 is 35.4 Å². The van der Waals surface area contributed by atoms with Crippen molar-refractivity contribution in [1.29, 1.82) is 0 Å². The molecule has 0 aromatic heterocycles. The van der Waals surface area contributed by atoms with Crippen LogP contribution in [0, 0.1) is 16.0 Å². The molecule has 3 aliphatic rings. The molecule has 0 saturated heterocycles. The lowest BCUT2D eigenvalue weighted by Crippen LogP contribution is -2.51. The molecule has 6 atom stereocenters. The van der Waals surface area contributed by atoms with Crippen LogP contribution in [0.4, 0.5) is 5.69 Å². The molecule has 0 radical (unpaired) electrons. The number of nitrogens with one attached hydrogen (secondary N) is 1. The van der Waals surface area contributed by atoms with Crippen molar-refractivity contribution in [3.63, 3.8) is 0 Å². The number of aliphatic hydroxyl groups excluding tert-OH is 1. The summed E-state index contributed by atoms with van der Waals surface area (Å²) in [6.45, 7) is 3.12. The van der Waals surface area contributed by atoms with E-state index in [1.165, 1.54) is 25.1 Å². The van der Waals surface area contributed by atoms with Gasteiger partial charge in [0.2, 0.25) is 0 Å². The van der Waals surface area contributed by atoms with Gasteiger partial charge in [-0.3, -0.25) is 24.5 Å². The van der Waals surface area contributed by atoms with Crippen LogP contribution < -0.4 is 5.32 Å². The van der Waals surface area contributed by atoms with Crippen LogP contribution in [-0.4, -0.2) is 66.5 Å². The number of phenols is 2. The number of ketones is 3. The number of hydrogen-bond donors (Lipinski definition) is 5. The van der Waals surface area contributed by atoms with Gasteiger partial charge in [-0.15, -0.1) is 12.4 Å². The highest BCUT2D eigenvalue weighted by atomic mass is 35.5. The van der Waals surface area contributed by atoms with Gasteiger partial charge in [0.05, 0.1) is 34.4 Å². The molecule has 1 saturated carbocycles. The Morgan fingerprint density at radius 1 is 1.02 bits per heavy atom. The number of nitro groups is 1. The van der Waals surface area contributed by atoms with E-state index in [1.807, 2.05) is 6.92 Å². The van der Waals surface area contributed by atoms with Gasteiger partial charge in [0.15, 0.2) is 17.3 Å². The van der Waals surface area contributed by atoms with Crippen LogP contribution in [0.2, 0.25) is 0 Å². The summed E-state index contributed by atoms with van der Waals surface area (Å²) < 4.78 is 6.49. The summed E-state index contributed by atoms with van der Waals surface area (Å²) in [6, 6.07) is 11.8. The molecule has 0 aliphatic heterocycles. The SMILES string of the molecule is CC(=O)[C@]1(O)Cc2c(O)c3c(c(O)c2[C@@H](OC2CC(C)C(O)C(NCc4ccccc4[N+](=O)[O-])C2)C1)C(=O)c1ccccc1C3=O.Cl. The summed E-state index contributed by atoms with van der Waals surface area (Å²) in [5.74, 6) is -3.37. The Morgan fingerprint density at radius 2 is 1.62 bits per heavy atom. The van der Waals surface area contributed by atoms with Gasteiger partial charge in [-0.1, -0.05) is 49.4 Å². The van der Waals surface area contributed by atoms with Gasteiger partial charge >= 0.3 is 0 Å². The van der Waals surface area contributed by atoms with Crippen LogP contribution in [0.5, 0.6) is 11.5 Å². The Morgan fingerprint density at radius 3 is 2.23 bits per heavy atom. The molecule has 6 rings (SSSR count). The van der Waals surface area contributed by atoms with Gasteiger partial charge in [-0.25, -0.2) is 0 Å². The number of hydrogen-bond acceptors (Lipinski definition) is 11. The minimum atomic E-state index is -2.00. The van der Waals surface area contributed by atoms with Crippen molar-refractivity contribution < 1.29 is 44.5 Å². The van der Waals surface area contributed by atoms with Crippen molar-refractivity contribution in [2.45, 2.75) is 76.0 Å². The van der Waals surface area contributed by atoms with Crippen molar-refractivity contribution in [2.75, 3.05) is 0 Å². The van der Waals surface area contributed by atoms with Gasteiger partial charge in [0.25, 0.3) is 5.69 Å². The summed E-state index contributed by atoms with van der Waals surface area (Å²) in [4.78, 5) is 50.8. The molecule has 3 aliphatic carbocycles. The van der Waals surface area contributed by atoms with Crippen molar-refractivity contribution in [3.8, 4) is 11.5 Å². The van der Waals surface area contributed by atoms with Crippen molar-refractivity contribution in [1.82, 2.24) is 5.32 Å². The molecule has 3 aromatic carbocycles. The van der Waals surface area contributed by atoms with Crippen LogP contribution in [0.3, 0.4) is 0 Å². The number of nitrogens with zero attached hydrogens (tertiary/aromatic N) is 1. The lowest BCUT2D eigenvalue weighted by Gasteiger charge is -2.43. The van der Waals surface area contributed by atoms with Crippen molar-refractivity contribution in [3.05, 3.63) is 97.6 Å². The molecule has 5 N–H and O–H groups in total. The van der Waals surface area contributed by atoms with Crippen molar-refractivity contribution in [2.24, 2.45) is 5.92 Å². The van der Waals surface area contributed by atoms with E-state index in [4.69, 9.17) is 4.74 Å². The molecule has 0 spiro atoms. The lowest BCUT2D eigenvalue weighted by atomic mass is 9.72. The van der Waals surface area contributed by atoms with Gasteiger partial charge in [0.1, 0.15) is 17.1 Å². The Kier molecular flexibility index (Phi) is 9.28. The molecule has 0 bridgehead atoms. The van der Waals surface area contributed by atoms with Crippen LogP contribution >= 0.6 is 12.4 Å². The summed E-state index contributed by atoms with van der Waals surface area (Å²) in [6.07, 6.45) is -2.68. The highest BCUT2D eigenvalue weighted by molar-refractivity contribution is 6.30. The molecular formula is C34H35ClN2O10. The van der Waals surface area contributed by atoms with Crippen LogP contribution in [0.25, 0.3) is 0 Å². The standard InChI is InChI=1S/C34H34N2O10.ClH/c1-16-11-19(12-23(29(16)38)35-15-18-7-3-6-10-24(18)36(44)45)46-25-14-34(43,17(2)37)13-22-26(25)33(42)28-27(32(22)41)30(39)20-8-4-5-9-21(20)31(28)40;/h3-10,16,19,23,25,29,35,38,41-43H,11-15H2,1-2H3;1H/t16?,19?,23?,25-,29?,34-;/m0./s1. The van der Waals surface area contributed by atoms with E-state index < -0.39 is 70.1 Å². The number of halogens is 1. The second kappa shape index (κ2) is 12.8. The molecule has 3 aromatic rings. The van der Waals surface area contributed by atoms with Gasteiger partial charge in [0, 0.05) is 59.3 Å². The summed E-state index contributed by atoms with van der Waals surface area (Å²) in [5.41, 5.74) is -2.27. The van der Waals surface area contributed by atoms with E-state index in [-0.39, 0.29) is 76.8 Å². The molecule has 4 unspecified atom stereocenters. The first kappa shape index (κ1) is 34.1. The molecule has 47 heavy (non-hydrogen) atoms. The highest BCUT2D eigenvalue weighted by Gasteiger charge is 2.49. The number of benzene rings is 3. The lowest BCUT2D eigenvalue weighted by molar-refractivity contribution is -0.385. The quantitative estimate of drug-likeness (QED) is 0.109. The Balaban J connectivity index is 0.00000433. The smallest absolute Gasteiger partial charge is 0.273 e. The number of phenolic OH excluding ortho intramolecular Hbond substituents is 2. The van der Waals surface area contributed by atoms with Crippen LogP contribution in [0.15, 0.2) is 48.5 Å². The molecule has 1 fully saturated rings. The number of Topliss-reactive ketones (excluding diaryl/α,β-unsaturated/α-hetero) is 1.